The van der Waals surface area contributed by atoms with E-state index in [-0.39, 0.29) is 6.42 Å². The summed E-state index contributed by atoms with van der Waals surface area (Å²) in [5.74, 6) is -0.312. The number of ether oxygens (including phenoxy) is 2. The molecular formula is C15H18N2O4. The molecule has 0 aliphatic carbocycles. The van der Waals surface area contributed by atoms with Crippen LogP contribution in [0.15, 0.2) is 30.6 Å². The fourth-order valence-electron chi connectivity index (χ4n) is 2.05. The van der Waals surface area contributed by atoms with Crippen LogP contribution in [0.3, 0.4) is 0 Å². The van der Waals surface area contributed by atoms with Gasteiger partial charge in [0.05, 0.1) is 32.9 Å². The van der Waals surface area contributed by atoms with Gasteiger partial charge in [-0.3, -0.25) is 9.48 Å². The van der Waals surface area contributed by atoms with Crippen molar-refractivity contribution >= 4 is 5.97 Å². The van der Waals surface area contributed by atoms with Crippen LogP contribution < -0.4 is 4.74 Å². The molecule has 2 aromatic rings. The number of nitrogens with zero attached hydrogens (tertiary/aromatic N) is 2. The first-order chi connectivity index (χ1) is 10.1. The third-order valence-electron chi connectivity index (χ3n) is 3.12. The molecule has 6 heteroatoms. The Morgan fingerprint density at radius 1 is 1.33 bits per heavy atom. The lowest BCUT2D eigenvalue weighted by molar-refractivity contribution is -0.136. The molecule has 0 bridgehead atoms. The number of carbonyl (C=O) groups is 1. The molecule has 1 heterocycles. The highest BCUT2D eigenvalue weighted by molar-refractivity contribution is 5.73. The van der Waals surface area contributed by atoms with Gasteiger partial charge in [-0.2, -0.15) is 5.10 Å². The molecular weight excluding hydrogens is 272 g/mol. The molecule has 0 aliphatic rings. The first-order valence-electron chi connectivity index (χ1n) is 6.54. The molecule has 0 atom stereocenters. The Morgan fingerprint density at radius 3 is 2.81 bits per heavy atom. The van der Waals surface area contributed by atoms with Crippen molar-refractivity contribution < 1.29 is 19.4 Å². The Bertz CT molecular complexity index is 622. The molecule has 1 aromatic heterocycles. The van der Waals surface area contributed by atoms with E-state index in [0.29, 0.717) is 24.5 Å². The number of hydrogen-bond donors (Lipinski definition) is 1. The molecule has 0 unspecified atom stereocenters. The predicted molar refractivity (Wildman–Crippen MR) is 77.4 cm³/mol. The topological polar surface area (TPSA) is 73.6 Å². The Morgan fingerprint density at radius 2 is 2.14 bits per heavy atom. The number of rotatable bonds is 7. The zero-order chi connectivity index (χ0) is 15.2. The highest BCUT2D eigenvalue weighted by Crippen LogP contribution is 2.27. The summed E-state index contributed by atoms with van der Waals surface area (Å²) in [6.45, 7) is 1.28. The van der Waals surface area contributed by atoms with Gasteiger partial charge in [0.1, 0.15) is 5.75 Å². The average molecular weight is 290 g/mol. The molecule has 0 spiro atoms. The van der Waals surface area contributed by atoms with Gasteiger partial charge in [0.2, 0.25) is 0 Å². The number of carboxylic acids is 1. The normalized spacial score (nSPS) is 10.6. The van der Waals surface area contributed by atoms with Gasteiger partial charge in [0.15, 0.2) is 0 Å². The molecule has 0 saturated carbocycles. The van der Waals surface area contributed by atoms with Crippen molar-refractivity contribution in [3.05, 3.63) is 36.2 Å². The maximum Gasteiger partial charge on any atom is 0.307 e. The highest BCUT2D eigenvalue weighted by Gasteiger charge is 2.10. The van der Waals surface area contributed by atoms with Gasteiger partial charge in [-0.25, -0.2) is 0 Å². The van der Waals surface area contributed by atoms with Crippen LogP contribution in [0.4, 0.5) is 0 Å². The standard InChI is InChI=1S/C15H18N2O4/c1-20-6-5-17-10-13(9-16-17)11-3-4-12(8-15(18)19)14(7-11)21-2/h3-4,7,9-10H,5-6,8H2,1-2H3,(H,18,19). The third-order valence-corrected chi connectivity index (χ3v) is 3.12. The minimum absolute atomic E-state index is 0.0590. The molecule has 0 amide bonds. The van der Waals surface area contributed by atoms with Gasteiger partial charge in [0, 0.05) is 24.4 Å². The molecule has 0 fully saturated rings. The minimum Gasteiger partial charge on any atom is -0.496 e. The monoisotopic (exact) mass is 290 g/mol. The fourth-order valence-corrected chi connectivity index (χ4v) is 2.05. The van der Waals surface area contributed by atoms with Crippen LogP contribution in [-0.4, -0.2) is 41.7 Å². The Kier molecular flexibility index (Phi) is 4.94. The van der Waals surface area contributed by atoms with Gasteiger partial charge in [-0.1, -0.05) is 12.1 Å². The highest BCUT2D eigenvalue weighted by atomic mass is 16.5. The molecule has 0 aliphatic heterocycles. The van der Waals surface area contributed by atoms with Gasteiger partial charge in [-0.05, 0) is 11.6 Å². The van der Waals surface area contributed by atoms with Crippen LogP contribution in [-0.2, 0) is 22.5 Å². The quantitative estimate of drug-likeness (QED) is 0.842. The lowest BCUT2D eigenvalue weighted by Gasteiger charge is -2.08. The minimum atomic E-state index is -0.881. The van der Waals surface area contributed by atoms with Crippen LogP contribution in [0.2, 0.25) is 0 Å². The first kappa shape index (κ1) is 15.1. The Balaban J connectivity index is 2.23. The van der Waals surface area contributed by atoms with Crippen molar-refractivity contribution in [2.24, 2.45) is 0 Å². The van der Waals surface area contributed by atoms with E-state index in [9.17, 15) is 4.79 Å². The SMILES string of the molecule is COCCn1cc(-c2ccc(CC(=O)O)c(OC)c2)cn1. The van der Waals surface area contributed by atoms with Crippen molar-refractivity contribution in [2.75, 3.05) is 20.8 Å². The number of hydrogen-bond acceptors (Lipinski definition) is 4. The van der Waals surface area contributed by atoms with Gasteiger partial charge in [0.25, 0.3) is 0 Å². The molecule has 2 rings (SSSR count). The summed E-state index contributed by atoms with van der Waals surface area (Å²) in [7, 11) is 3.18. The van der Waals surface area contributed by atoms with E-state index in [0.717, 1.165) is 11.1 Å². The average Bonchev–Trinajstić information content (AvgIpc) is 2.93. The molecule has 0 radical (unpaired) electrons. The van der Waals surface area contributed by atoms with Crippen molar-refractivity contribution in [1.29, 1.82) is 0 Å². The summed E-state index contributed by atoms with van der Waals surface area (Å²) in [5.41, 5.74) is 2.54. The summed E-state index contributed by atoms with van der Waals surface area (Å²) in [6.07, 6.45) is 3.63. The van der Waals surface area contributed by atoms with Crippen molar-refractivity contribution in [2.45, 2.75) is 13.0 Å². The summed E-state index contributed by atoms with van der Waals surface area (Å²) in [4.78, 5) is 10.8. The largest absolute Gasteiger partial charge is 0.496 e. The number of carboxylic acid groups (broad SMARTS) is 1. The van der Waals surface area contributed by atoms with E-state index < -0.39 is 5.97 Å². The maximum atomic E-state index is 10.8. The third kappa shape index (κ3) is 3.82. The lowest BCUT2D eigenvalue weighted by Crippen LogP contribution is -2.03. The van der Waals surface area contributed by atoms with E-state index in [1.54, 1.807) is 24.1 Å². The second-order valence-electron chi connectivity index (χ2n) is 4.58. The number of aliphatic carboxylic acids is 1. The zero-order valence-electron chi connectivity index (χ0n) is 12.1. The molecule has 1 N–H and O–H groups in total. The van der Waals surface area contributed by atoms with Crippen molar-refractivity contribution in [3.63, 3.8) is 0 Å². The van der Waals surface area contributed by atoms with E-state index in [1.807, 2.05) is 18.3 Å². The Hall–Kier alpha value is -2.34. The molecule has 6 nitrogen and oxygen atoms in total. The summed E-state index contributed by atoms with van der Waals surface area (Å²) < 4.78 is 12.1. The zero-order valence-corrected chi connectivity index (χ0v) is 12.1. The second kappa shape index (κ2) is 6.90. The van der Waals surface area contributed by atoms with E-state index >= 15 is 0 Å². The lowest BCUT2D eigenvalue weighted by atomic mass is 10.0. The summed E-state index contributed by atoms with van der Waals surface area (Å²) in [5, 5.41) is 13.1. The van der Waals surface area contributed by atoms with Gasteiger partial charge < -0.3 is 14.6 Å². The van der Waals surface area contributed by atoms with Gasteiger partial charge >= 0.3 is 5.97 Å². The van der Waals surface area contributed by atoms with Crippen LogP contribution in [0.25, 0.3) is 11.1 Å². The van der Waals surface area contributed by atoms with Crippen LogP contribution in [0, 0.1) is 0 Å². The number of benzene rings is 1. The maximum absolute atomic E-state index is 10.8. The number of aromatic nitrogens is 2. The summed E-state index contributed by atoms with van der Waals surface area (Å²) >= 11 is 0. The molecule has 1 aromatic carbocycles. The molecule has 112 valence electrons. The smallest absolute Gasteiger partial charge is 0.307 e. The van der Waals surface area contributed by atoms with E-state index in [4.69, 9.17) is 14.6 Å². The number of methoxy groups -OCH3 is 2. The van der Waals surface area contributed by atoms with Crippen LogP contribution >= 0.6 is 0 Å². The summed E-state index contributed by atoms with van der Waals surface area (Å²) in [6, 6.07) is 5.48. The second-order valence-corrected chi connectivity index (χ2v) is 4.58. The van der Waals surface area contributed by atoms with Crippen molar-refractivity contribution in [3.8, 4) is 16.9 Å². The molecule has 0 saturated heterocycles. The van der Waals surface area contributed by atoms with Crippen molar-refractivity contribution in [1.82, 2.24) is 9.78 Å². The van der Waals surface area contributed by atoms with Gasteiger partial charge in [-0.15, -0.1) is 0 Å². The van der Waals surface area contributed by atoms with E-state index in [1.165, 1.54) is 7.11 Å². The van der Waals surface area contributed by atoms with Crippen LogP contribution in [0.1, 0.15) is 5.56 Å². The first-order valence-corrected chi connectivity index (χ1v) is 6.54. The predicted octanol–water partition coefficient (Wildman–Crippen LogP) is 1.83. The molecule has 21 heavy (non-hydrogen) atoms. The van der Waals surface area contributed by atoms with E-state index in [2.05, 4.69) is 5.10 Å². The fraction of sp³-hybridized carbons (Fsp3) is 0.333. The Labute approximate surface area is 122 Å². The van der Waals surface area contributed by atoms with Crippen LogP contribution in [0.5, 0.6) is 5.75 Å².